The van der Waals surface area contributed by atoms with Gasteiger partial charge in [-0.15, -0.1) is 11.3 Å². The second-order valence-corrected chi connectivity index (χ2v) is 8.08. The minimum atomic E-state index is -3.22. The van der Waals surface area contributed by atoms with Crippen LogP contribution in [0.4, 0.5) is 0 Å². The van der Waals surface area contributed by atoms with E-state index < -0.39 is 10.0 Å². The van der Waals surface area contributed by atoms with Gasteiger partial charge in [-0.05, 0) is 30.4 Å². The highest BCUT2D eigenvalue weighted by Crippen LogP contribution is 2.15. The summed E-state index contributed by atoms with van der Waals surface area (Å²) in [5, 5.41) is 2.02. The van der Waals surface area contributed by atoms with Crippen LogP contribution in [0.5, 0.6) is 0 Å². The number of furan rings is 1. The minimum absolute atomic E-state index is 0.214. The van der Waals surface area contributed by atoms with Crippen LogP contribution in [0.15, 0.2) is 40.5 Å². The Labute approximate surface area is 130 Å². The van der Waals surface area contributed by atoms with Gasteiger partial charge in [0.1, 0.15) is 0 Å². The maximum Gasteiger partial charge on any atom is 0.214 e. The molecule has 6 heteroatoms. The number of sulfonamides is 1. The molecule has 0 amide bonds. The molecule has 116 valence electrons. The summed E-state index contributed by atoms with van der Waals surface area (Å²) >= 11 is 1.66. The second kappa shape index (κ2) is 7.77. The smallest absolute Gasteiger partial charge is 0.214 e. The average molecular weight is 327 g/mol. The van der Waals surface area contributed by atoms with Crippen LogP contribution in [-0.2, 0) is 23.0 Å². The summed E-state index contributed by atoms with van der Waals surface area (Å²) in [6.45, 7) is 2.90. The lowest BCUT2D eigenvalue weighted by Crippen LogP contribution is -2.34. The van der Waals surface area contributed by atoms with Crippen LogP contribution in [0.3, 0.4) is 0 Å². The van der Waals surface area contributed by atoms with Crippen molar-refractivity contribution in [1.82, 2.24) is 4.31 Å². The molecule has 0 atom stereocenters. The Kier molecular flexibility index (Phi) is 6.02. The number of thiophene rings is 1. The Morgan fingerprint density at radius 3 is 2.81 bits per heavy atom. The van der Waals surface area contributed by atoms with E-state index in [0.717, 1.165) is 18.4 Å². The predicted molar refractivity (Wildman–Crippen MR) is 85.8 cm³/mol. The van der Waals surface area contributed by atoms with Crippen LogP contribution >= 0.6 is 11.3 Å². The van der Waals surface area contributed by atoms with Crippen molar-refractivity contribution in [3.63, 3.8) is 0 Å². The van der Waals surface area contributed by atoms with E-state index in [4.69, 9.17) is 4.42 Å². The molecule has 2 heterocycles. The van der Waals surface area contributed by atoms with Crippen molar-refractivity contribution < 1.29 is 12.8 Å². The average Bonchev–Trinajstić information content (AvgIpc) is 3.14. The molecule has 0 saturated heterocycles. The van der Waals surface area contributed by atoms with E-state index in [9.17, 15) is 8.42 Å². The van der Waals surface area contributed by atoms with Crippen molar-refractivity contribution in [2.24, 2.45) is 0 Å². The van der Waals surface area contributed by atoms with Gasteiger partial charge in [-0.2, -0.15) is 4.31 Å². The molecule has 2 aromatic heterocycles. The quantitative estimate of drug-likeness (QED) is 0.708. The molecule has 0 aliphatic heterocycles. The van der Waals surface area contributed by atoms with Gasteiger partial charge in [-0.1, -0.05) is 19.4 Å². The number of hydrogen-bond acceptors (Lipinski definition) is 4. The summed E-state index contributed by atoms with van der Waals surface area (Å²) in [4.78, 5) is 1.21. The first kappa shape index (κ1) is 16.3. The molecular formula is C15H21NO3S2. The zero-order valence-corrected chi connectivity index (χ0v) is 13.8. The van der Waals surface area contributed by atoms with Gasteiger partial charge >= 0.3 is 0 Å². The Bertz CT molecular complexity index is 603. The normalized spacial score (nSPS) is 12.1. The van der Waals surface area contributed by atoms with Gasteiger partial charge in [0.25, 0.3) is 0 Å². The van der Waals surface area contributed by atoms with E-state index in [1.807, 2.05) is 30.5 Å². The van der Waals surface area contributed by atoms with Crippen molar-refractivity contribution in [2.45, 2.75) is 32.7 Å². The molecule has 0 unspecified atom stereocenters. The largest absolute Gasteiger partial charge is 0.472 e. The molecule has 0 spiro atoms. The van der Waals surface area contributed by atoms with E-state index >= 15 is 0 Å². The molecule has 4 nitrogen and oxygen atoms in total. The lowest BCUT2D eigenvalue weighted by molar-refractivity contribution is 0.407. The first-order valence-electron chi connectivity index (χ1n) is 7.13. The van der Waals surface area contributed by atoms with Gasteiger partial charge in [0, 0.05) is 23.5 Å². The SMILES string of the molecule is CCCCS(=O)(=O)N(CCc1cccs1)Cc1ccoc1. The number of nitrogens with zero attached hydrogens (tertiary/aromatic N) is 1. The van der Waals surface area contributed by atoms with Crippen LogP contribution in [-0.4, -0.2) is 25.0 Å². The van der Waals surface area contributed by atoms with Crippen LogP contribution in [0.25, 0.3) is 0 Å². The lowest BCUT2D eigenvalue weighted by atomic mass is 10.3. The van der Waals surface area contributed by atoms with Gasteiger partial charge in [0.05, 0.1) is 18.3 Å². The summed E-state index contributed by atoms with van der Waals surface area (Å²) in [6, 6.07) is 5.85. The van der Waals surface area contributed by atoms with E-state index in [1.165, 1.54) is 4.88 Å². The molecule has 2 aromatic rings. The molecule has 0 N–H and O–H groups in total. The molecule has 0 aromatic carbocycles. The summed E-state index contributed by atoms with van der Waals surface area (Å²) in [5.41, 5.74) is 0.890. The summed E-state index contributed by atoms with van der Waals surface area (Å²) < 4.78 is 31.6. The fourth-order valence-corrected chi connectivity index (χ4v) is 4.37. The molecule has 0 aliphatic carbocycles. The first-order valence-corrected chi connectivity index (χ1v) is 9.62. The topological polar surface area (TPSA) is 50.5 Å². The van der Waals surface area contributed by atoms with Crippen molar-refractivity contribution in [3.8, 4) is 0 Å². The zero-order chi connectivity index (χ0) is 15.1. The van der Waals surface area contributed by atoms with Crippen LogP contribution in [0.2, 0.25) is 0 Å². The Balaban J connectivity index is 2.05. The van der Waals surface area contributed by atoms with Crippen molar-refractivity contribution >= 4 is 21.4 Å². The third-order valence-corrected chi connectivity index (χ3v) is 6.12. The van der Waals surface area contributed by atoms with Gasteiger partial charge in [-0.3, -0.25) is 0 Å². The van der Waals surface area contributed by atoms with E-state index in [2.05, 4.69) is 0 Å². The highest BCUT2D eigenvalue weighted by atomic mass is 32.2. The van der Waals surface area contributed by atoms with Crippen molar-refractivity contribution in [3.05, 3.63) is 46.5 Å². The van der Waals surface area contributed by atoms with E-state index in [1.54, 1.807) is 28.2 Å². The third kappa shape index (κ3) is 4.98. The fourth-order valence-electron chi connectivity index (χ4n) is 2.05. The van der Waals surface area contributed by atoms with Crippen LogP contribution < -0.4 is 0 Å². The van der Waals surface area contributed by atoms with Gasteiger partial charge in [-0.25, -0.2) is 8.42 Å². The Morgan fingerprint density at radius 1 is 1.33 bits per heavy atom. The maximum atomic E-state index is 12.5. The van der Waals surface area contributed by atoms with Gasteiger partial charge in [0.15, 0.2) is 0 Å². The number of hydrogen-bond donors (Lipinski definition) is 0. The standard InChI is InChI=1S/C15H21NO3S2/c1-2-3-11-21(17,18)16(12-14-7-9-19-13-14)8-6-15-5-4-10-20-15/h4-5,7,9-10,13H,2-3,6,8,11-12H2,1H3. The van der Waals surface area contributed by atoms with E-state index in [-0.39, 0.29) is 5.75 Å². The lowest BCUT2D eigenvalue weighted by Gasteiger charge is -2.21. The minimum Gasteiger partial charge on any atom is -0.472 e. The van der Waals surface area contributed by atoms with Crippen LogP contribution in [0.1, 0.15) is 30.2 Å². The third-order valence-electron chi connectivity index (χ3n) is 3.28. The zero-order valence-electron chi connectivity index (χ0n) is 12.2. The molecule has 2 rings (SSSR count). The molecule has 0 fully saturated rings. The molecule has 21 heavy (non-hydrogen) atoms. The highest BCUT2D eigenvalue weighted by molar-refractivity contribution is 7.89. The Hall–Kier alpha value is -1.11. The molecule has 0 aliphatic rings. The summed E-state index contributed by atoms with van der Waals surface area (Å²) in [5.74, 6) is 0.214. The van der Waals surface area contributed by atoms with Crippen molar-refractivity contribution in [2.75, 3.05) is 12.3 Å². The number of unbranched alkanes of at least 4 members (excludes halogenated alkanes) is 1. The fraction of sp³-hybridized carbons (Fsp3) is 0.467. The Morgan fingerprint density at radius 2 is 2.19 bits per heavy atom. The second-order valence-electron chi connectivity index (χ2n) is 4.96. The highest BCUT2D eigenvalue weighted by Gasteiger charge is 2.22. The maximum absolute atomic E-state index is 12.5. The van der Waals surface area contributed by atoms with Gasteiger partial charge < -0.3 is 4.42 Å². The molecule has 0 bridgehead atoms. The van der Waals surface area contributed by atoms with Crippen LogP contribution in [0, 0.1) is 0 Å². The number of rotatable bonds is 9. The first-order chi connectivity index (χ1) is 10.1. The molecule has 0 saturated carbocycles. The summed E-state index contributed by atoms with van der Waals surface area (Å²) in [7, 11) is -3.22. The molecular weight excluding hydrogens is 306 g/mol. The monoisotopic (exact) mass is 327 g/mol. The summed E-state index contributed by atoms with van der Waals surface area (Å²) in [6.07, 6.45) is 5.51. The molecule has 0 radical (unpaired) electrons. The van der Waals surface area contributed by atoms with Gasteiger partial charge in [0.2, 0.25) is 10.0 Å². The van der Waals surface area contributed by atoms with Crippen molar-refractivity contribution in [1.29, 1.82) is 0 Å². The predicted octanol–water partition coefficient (Wildman–Crippen LogP) is 3.52. The van der Waals surface area contributed by atoms with E-state index in [0.29, 0.717) is 19.5 Å².